The van der Waals surface area contributed by atoms with Crippen molar-refractivity contribution in [3.05, 3.63) is 52.8 Å². The van der Waals surface area contributed by atoms with E-state index in [-0.39, 0.29) is 41.7 Å². The predicted octanol–water partition coefficient (Wildman–Crippen LogP) is 2.40. The summed E-state index contributed by atoms with van der Waals surface area (Å²) in [5.41, 5.74) is -0.124. The van der Waals surface area contributed by atoms with Crippen molar-refractivity contribution in [3.8, 4) is 11.5 Å². The Labute approximate surface area is 172 Å². The van der Waals surface area contributed by atoms with Gasteiger partial charge in [-0.25, -0.2) is 12.8 Å². The second kappa shape index (κ2) is 7.81. The second-order valence-corrected chi connectivity index (χ2v) is 9.00. The van der Waals surface area contributed by atoms with Crippen LogP contribution in [0.4, 0.5) is 4.39 Å². The molecule has 4 rings (SSSR count). The van der Waals surface area contributed by atoms with Crippen molar-refractivity contribution in [3.63, 3.8) is 0 Å². The van der Waals surface area contributed by atoms with Gasteiger partial charge in [-0.3, -0.25) is 4.79 Å². The Morgan fingerprint density at radius 2 is 1.66 bits per heavy atom. The number of sulfonamides is 1. The normalized spacial score (nSPS) is 17.2. The van der Waals surface area contributed by atoms with Crippen LogP contribution in [0.15, 0.2) is 41.3 Å². The molecule has 1 fully saturated rings. The number of benzene rings is 2. The summed E-state index contributed by atoms with van der Waals surface area (Å²) >= 11 is 5.86. The van der Waals surface area contributed by atoms with Gasteiger partial charge in [-0.2, -0.15) is 4.31 Å². The number of halogens is 2. The molecule has 2 aromatic rings. The number of rotatable bonds is 3. The molecular weight excluding hydrogens is 423 g/mol. The minimum absolute atomic E-state index is 0.0995. The molecule has 0 saturated carbocycles. The molecule has 2 heterocycles. The van der Waals surface area contributed by atoms with Gasteiger partial charge in [0.2, 0.25) is 10.0 Å². The molecule has 0 N–H and O–H groups in total. The third-order valence-corrected chi connectivity index (χ3v) is 6.97. The van der Waals surface area contributed by atoms with Crippen LogP contribution in [0.2, 0.25) is 5.02 Å². The van der Waals surface area contributed by atoms with E-state index >= 15 is 0 Å². The fraction of sp³-hybridized carbons (Fsp3) is 0.316. The van der Waals surface area contributed by atoms with Crippen LogP contribution in [-0.4, -0.2) is 62.9 Å². The Balaban J connectivity index is 1.47. The molecule has 1 amide bonds. The van der Waals surface area contributed by atoms with E-state index in [0.717, 1.165) is 6.07 Å². The number of fused-ring (bicyclic) bond motifs is 1. The molecule has 10 heteroatoms. The summed E-state index contributed by atoms with van der Waals surface area (Å²) in [5.74, 6) is -0.274. The van der Waals surface area contributed by atoms with Crippen LogP contribution in [0, 0.1) is 5.82 Å². The average molecular weight is 441 g/mol. The molecule has 0 radical (unpaired) electrons. The maximum Gasteiger partial charge on any atom is 0.256 e. The third-order valence-electron chi connectivity index (χ3n) is 4.84. The summed E-state index contributed by atoms with van der Waals surface area (Å²) in [5, 5.41) is 0.259. The predicted molar refractivity (Wildman–Crippen MR) is 104 cm³/mol. The van der Waals surface area contributed by atoms with Gasteiger partial charge >= 0.3 is 0 Å². The van der Waals surface area contributed by atoms with Crippen LogP contribution < -0.4 is 9.47 Å². The summed E-state index contributed by atoms with van der Waals surface area (Å²) in [4.78, 5) is 14.1. The van der Waals surface area contributed by atoms with Crippen LogP contribution in [0.25, 0.3) is 0 Å². The van der Waals surface area contributed by atoms with E-state index < -0.39 is 21.7 Å². The zero-order valence-electron chi connectivity index (χ0n) is 15.3. The highest BCUT2D eigenvalue weighted by molar-refractivity contribution is 7.89. The van der Waals surface area contributed by atoms with Gasteiger partial charge in [-0.05, 0) is 30.3 Å². The van der Waals surface area contributed by atoms with Crippen molar-refractivity contribution in [1.29, 1.82) is 0 Å². The van der Waals surface area contributed by atoms with Gasteiger partial charge in [0.25, 0.3) is 5.91 Å². The van der Waals surface area contributed by atoms with Gasteiger partial charge in [0.05, 0.1) is 10.5 Å². The van der Waals surface area contributed by atoms with Crippen molar-refractivity contribution in [1.82, 2.24) is 9.21 Å². The highest BCUT2D eigenvalue weighted by Gasteiger charge is 2.32. The van der Waals surface area contributed by atoms with E-state index in [2.05, 4.69) is 0 Å². The molecule has 154 valence electrons. The van der Waals surface area contributed by atoms with Gasteiger partial charge in [-0.15, -0.1) is 0 Å². The molecule has 7 nitrogen and oxygen atoms in total. The number of carbonyl (C=O) groups is 1. The first-order valence-electron chi connectivity index (χ1n) is 9.00. The number of ether oxygens (including phenoxy) is 2. The lowest BCUT2D eigenvalue weighted by molar-refractivity contribution is 0.0693. The molecule has 0 bridgehead atoms. The SMILES string of the molecule is O=C(c1cc(Cl)ccc1F)N1CCN(S(=O)(=O)c2ccc3c(c2)OCCO3)CC1. The lowest BCUT2D eigenvalue weighted by atomic mass is 10.1. The van der Waals surface area contributed by atoms with Gasteiger partial charge in [0.1, 0.15) is 19.0 Å². The van der Waals surface area contributed by atoms with Crippen molar-refractivity contribution in [2.45, 2.75) is 4.90 Å². The van der Waals surface area contributed by atoms with Gasteiger partial charge in [0.15, 0.2) is 11.5 Å². The molecule has 0 unspecified atom stereocenters. The van der Waals surface area contributed by atoms with E-state index in [0.29, 0.717) is 24.7 Å². The molecule has 2 aliphatic heterocycles. The Kier molecular flexibility index (Phi) is 5.37. The van der Waals surface area contributed by atoms with Crippen LogP contribution in [-0.2, 0) is 10.0 Å². The van der Waals surface area contributed by atoms with Crippen molar-refractivity contribution in [2.75, 3.05) is 39.4 Å². The maximum absolute atomic E-state index is 14.0. The van der Waals surface area contributed by atoms with E-state index in [1.807, 2.05) is 0 Å². The van der Waals surface area contributed by atoms with Crippen LogP contribution in [0.3, 0.4) is 0 Å². The number of amides is 1. The van der Waals surface area contributed by atoms with Crippen LogP contribution in [0.5, 0.6) is 11.5 Å². The number of hydrogen-bond donors (Lipinski definition) is 0. The van der Waals surface area contributed by atoms with E-state index in [4.69, 9.17) is 21.1 Å². The summed E-state index contributed by atoms with van der Waals surface area (Å²) < 4.78 is 52.1. The summed E-state index contributed by atoms with van der Waals surface area (Å²) in [6.45, 7) is 1.28. The fourth-order valence-electron chi connectivity index (χ4n) is 3.30. The molecule has 0 atom stereocenters. The second-order valence-electron chi connectivity index (χ2n) is 6.63. The van der Waals surface area contributed by atoms with Crippen molar-refractivity contribution >= 4 is 27.5 Å². The number of carbonyl (C=O) groups excluding carboxylic acids is 1. The highest BCUT2D eigenvalue weighted by atomic mass is 35.5. The first-order valence-corrected chi connectivity index (χ1v) is 10.8. The zero-order chi connectivity index (χ0) is 20.6. The Morgan fingerprint density at radius 3 is 2.38 bits per heavy atom. The van der Waals surface area contributed by atoms with E-state index in [1.165, 1.54) is 33.5 Å². The van der Waals surface area contributed by atoms with Gasteiger partial charge < -0.3 is 14.4 Å². The minimum Gasteiger partial charge on any atom is -0.486 e. The van der Waals surface area contributed by atoms with Crippen LogP contribution in [0.1, 0.15) is 10.4 Å². The molecule has 0 aromatic heterocycles. The lowest BCUT2D eigenvalue weighted by Gasteiger charge is -2.34. The first-order chi connectivity index (χ1) is 13.9. The molecule has 1 saturated heterocycles. The van der Waals surface area contributed by atoms with Crippen LogP contribution >= 0.6 is 11.6 Å². The minimum atomic E-state index is -3.76. The first kappa shape index (κ1) is 19.9. The Morgan fingerprint density at radius 1 is 0.966 bits per heavy atom. The van der Waals surface area contributed by atoms with Crippen molar-refractivity contribution < 1.29 is 27.1 Å². The molecule has 29 heavy (non-hydrogen) atoms. The maximum atomic E-state index is 14.0. The standard InChI is InChI=1S/C19H18ClFN2O5S/c20-13-1-3-16(21)15(11-13)19(24)22-5-7-23(8-6-22)29(25,26)14-2-4-17-18(12-14)28-10-9-27-17/h1-4,11-12H,5-10H2. The fourth-order valence-corrected chi connectivity index (χ4v) is 4.91. The summed E-state index contributed by atoms with van der Waals surface area (Å²) in [7, 11) is -3.76. The van der Waals surface area contributed by atoms with Gasteiger partial charge in [0, 0.05) is 37.3 Å². The molecule has 2 aromatic carbocycles. The topological polar surface area (TPSA) is 76.2 Å². The van der Waals surface area contributed by atoms with Crippen molar-refractivity contribution in [2.24, 2.45) is 0 Å². The largest absolute Gasteiger partial charge is 0.486 e. The molecule has 0 aliphatic carbocycles. The highest BCUT2D eigenvalue weighted by Crippen LogP contribution is 2.33. The third kappa shape index (κ3) is 3.90. The Hall–Kier alpha value is -2.36. The monoisotopic (exact) mass is 440 g/mol. The lowest BCUT2D eigenvalue weighted by Crippen LogP contribution is -2.50. The molecule has 2 aliphatic rings. The summed E-state index contributed by atoms with van der Waals surface area (Å²) in [6, 6.07) is 8.27. The number of nitrogens with zero attached hydrogens (tertiary/aromatic N) is 2. The zero-order valence-corrected chi connectivity index (χ0v) is 16.9. The summed E-state index contributed by atoms with van der Waals surface area (Å²) in [6.07, 6.45) is 0. The number of piperazine rings is 1. The van der Waals surface area contributed by atoms with E-state index in [1.54, 1.807) is 6.07 Å². The van der Waals surface area contributed by atoms with Gasteiger partial charge in [-0.1, -0.05) is 11.6 Å². The quantitative estimate of drug-likeness (QED) is 0.732. The molecular formula is C19H18ClFN2O5S. The van der Waals surface area contributed by atoms with E-state index in [9.17, 15) is 17.6 Å². The Bertz CT molecular complexity index is 1050. The average Bonchev–Trinajstić information content (AvgIpc) is 2.74. The molecule has 0 spiro atoms. The smallest absolute Gasteiger partial charge is 0.256 e. The number of hydrogen-bond acceptors (Lipinski definition) is 5.